The van der Waals surface area contributed by atoms with Crippen LogP contribution in [0, 0.1) is 23.5 Å². The predicted molar refractivity (Wildman–Crippen MR) is 219 cm³/mol. The Labute approximate surface area is 334 Å². The molecule has 6 aromatic rings. The lowest BCUT2D eigenvalue weighted by Crippen LogP contribution is -2.46. The summed E-state index contributed by atoms with van der Waals surface area (Å²) in [5, 5.41) is 40.3. The average molecular weight is 791 g/mol. The molecular formula is C42H48F2N12O2. The van der Waals surface area contributed by atoms with Crippen molar-refractivity contribution in [2.45, 2.75) is 62.6 Å². The molecule has 0 radical (unpaired) electrons. The van der Waals surface area contributed by atoms with Gasteiger partial charge in [-0.05, 0) is 87.7 Å². The molecule has 2 saturated heterocycles. The highest BCUT2D eigenvalue weighted by Gasteiger charge is 2.31. The molecule has 7 N–H and O–H groups in total. The van der Waals surface area contributed by atoms with Crippen molar-refractivity contribution in [2.24, 2.45) is 11.8 Å². The Bertz CT molecular complexity index is 2430. The minimum atomic E-state index is -0.427. The van der Waals surface area contributed by atoms with E-state index in [9.17, 15) is 9.50 Å². The number of aromatic nitrogens is 6. The highest BCUT2D eigenvalue weighted by molar-refractivity contribution is 5.68. The zero-order valence-electron chi connectivity index (χ0n) is 32.1. The minimum absolute atomic E-state index is 0.0863. The van der Waals surface area contributed by atoms with Crippen molar-refractivity contribution >= 4 is 45.9 Å². The maximum absolute atomic E-state index is 15.4. The third-order valence-electron chi connectivity index (χ3n) is 11.8. The van der Waals surface area contributed by atoms with Gasteiger partial charge in [0.15, 0.2) is 11.3 Å². The van der Waals surface area contributed by atoms with Crippen LogP contribution in [0.25, 0.3) is 11.3 Å². The Morgan fingerprint density at radius 1 is 0.690 bits per heavy atom. The monoisotopic (exact) mass is 790 g/mol. The van der Waals surface area contributed by atoms with Crippen molar-refractivity contribution in [2.75, 3.05) is 60.5 Å². The third-order valence-corrected chi connectivity index (χ3v) is 11.8. The summed E-state index contributed by atoms with van der Waals surface area (Å²) in [6.07, 6.45) is 9.24. The van der Waals surface area contributed by atoms with Crippen molar-refractivity contribution in [1.29, 1.82) is 0 Å². The van der Waals surface area contributed by atoms with Gasteiger partial charge in [-0.1, -0.05) is 6.07 Å². The summed E-state index contributed by atoms with van der Waals surface area (Å²) in [6, 6.07) is 14.8. The Kier molecular flexibility index (Phi) is 9.91. The van der Waals surface area contributed by atoms with Crippen LogP contribution in [0.4, 0.5) is 43.4 Å². The van der Waals surface area contributed by atoms with Crippen LogP contribution in [0.15, 0.2) is 67.0 Å². The molecule has 16 heteroatoms. The van der Waals surface area contributed by atoms with E-state index in [0.717, 1.165) is 74.0 Å². The molecule has 6 heterocycles. The first-order chi connectivity index (χ1) is 28.4. The van der Waals surface area contributed by atoms with Crippen molar-refractivity contribution in [3.8, 4) is 5.75 Å². The van der Waals surface area contributed by atoms with Crippen LogP contribution in [-0.4, -0.2) is 85.8 Å². The first kappa shape index (κ1) is 36.7. The number of β-amino-alcohol motifs (C(OH)–C–C–N with tert-alkyl or cyclic N) is 1. The standard InChI is InChI=1S/C42H48F2N12O2/c43-28-2-1-3-30(12-28)51-39-16-38(54-41-33(24-4-5-24)20-49-55(39)41)48-19-27-9-11-46-23-36(27)58-32-14-29(44)13-31(15-32)52-40-17-37(47-18-26-8-10-45-22-35(26)57)53-42-34(25-6-7-25)21-50-56(40)42/h1-3,12-17,20-21,24-27,35-36,45-46,51-52,57H,4-11,18-19,22-23H2,(H,47,53)(H,48,54)/t26-,27+,35-,36-/m1/s1. The second-order valence-corrected chi connectivity index (χ2v) is 16.2. The van der Waals surface area contributed by atoms with Gasteiger partial charge in [-0.3, -0.25) is 0 Å². The van der Waals surface area contributed by atoms with Gasteiger partial charge < -0.3 is 41.7 Å². The molecule has 4 fully saturated rings. The van der Waals surface area contributed by atoms with Crippen molar-refractivity contribution < 1.29 is 18.6 Å². The molecule has 2 aliphatic carbocycles. The molecule has 0 amide bonds. The number of rotatable bonds is 14. The van der Waals surface area contributed by atoms with E-state index >= 15 is 4.39 Å². The quantitative estimate of drug-likeness (QED) is 0.0676. The van der Waals surface area contributed by atoms with E-state index in [0.29, 0.717) is 78.4 Å². The van der Waals surface area contributed by atoms with E-state index in [1.54, 1.807) is 15.1 Å². The van der Waals surface area contributed by atoms with Crippen LogP contribution in [0.2, 0.25) is 0 Å². The fourth-order valence-electron chi connectivity index (χ4n) is 8.28. The Balaban J connectivity index is 0.867. The zero-order valence-corrected chi connectivity index (χ0v) is 32.1. The first-order valence-electron chi connectivity index (χ1n) is 20.5. The number of hydrogen-bond acceptors (Lipinski definition) is 12. The number of halogens is 2. The Hall–Kier alpha value is -5.58. The van der Waals surface area contributed by atoms with E-state index in [1.807, 2.05) is 36.7 Å². The molecule has 14 nitrogen and oxygen atoms in total. The normalized spacial score (nSPS) is 22.3. The molecule has 302 valence electrons. The maximum Gasteiger partial charge on any atom is 0.163 e. The summed E-state index contributed by atoms with van der Waals surface area (Å²) < 4.78 is 39.6. The number of benzene rings is 2. The molecular weight excluding hydrogens is 743 g/mol. The van der Waals surface area contributed by atoms with Gasteiger partial charge in [0.05, 0.1) is 18.5 Å². The highest BCUT2D eigenvalue weighted by atomic mass is 19.1. The van der Waals surface area contributed by atoms with Gasteiger partial charge in [-0.25, -0.2) is 18.7 Å². The van der Waals surface area contributed by atoms with E-state index in [4.69, 9.17) is 14.7 Å². The molecule has 2 aromatic carbocycles. The fourth-order valence-corrected chi connectivity index (χ4v) is 8.28. The smallest absolute Gasteiger partial charge is 0.163 e. The summed E-state index contributed by atoms with van der Waals surface area (Å²) in [5.74, 6) is 3.40. The topological polar surface area (TPSA) is 162 Å². The number of aliphatic hydroxyl groups is 1. The van der Waals surface area contributed by atoms with Crippen LogP contribution in [-0.2, 0) is 0 Å². The lowest BCUT2D eigenvalue weighted by Gasteiger charge is -2.33. The number of nitrogens with one attached hydrogen (secondary N) is 6. The van der Waals surface area contributed by atoms with Gasteiger partial charge in [-0.15, -0.1) is 0 Å². The van der Waals surface area contributed by atoms with E-state index in [1.165, 1.54) is 24.3 Å². The summed E-state index contributed by atoms with van der Waals surface area (Å²) in [4.78, 5) is 9.92. The summed E-state index contributed by atoms with van der Waals surface area (Å²) in [7, 11) is 0. The Morgan fingerprint density at radius 3 is 1.93 bits per heavy atom. The van der Waals surface area contributed by atoms with E-state index in [-0.39, 0.29) is 23.8 Å². The highest BCUT2D eigenvalue weighted by Crippen LogP contribution is 2.43. The summed E-state index contributed by atoms with van der Waals surface area (Å²) in [6.45, 7) is 4.04. The fraction of sp³-hybridized carbons (Fsp3) is 0.429. The summed E-state index contributed by atoms with van der Waals surface area (Å²) in [5.41, 5.74) is 4.89. The van der Waals surface area contributed by atoms with Gasteiger partial charge in [0.1, 0.15) is 46.8 Å². The van der Waals surface area contributed by atoms with Crippen LogP contribution >= 0.6 is 0 Å². The first-order valence-corrected chi connectivity index (χ1v) is 20.5. The molecule has 2 saturated carbocycles. The number of nitrogens with zero attached hydrogens (tertiary/aromatic N) is 6. The largest absolute Gasteiger partial charge is 0.489 e. The van der Waals surface area contributed by atoms with Crippen LogP contribution in [0.1, 0.15) is 61.5 Å². The van der Waals surface area contributed by atoms with Crippen molar-refractivity contribution in [3.05, 3.63) is 89.8 Å². The average Bonchev–Trinajstić information content (AvgIpc) is 4.16. The lowest BCUT2D eigenvalue weighted by molar-refractivity contribution is 0.0883. The number of fused-ring (bicyclic) bond motifs is 2. The minimum Gasteiger partial charge on any atom is -0.489 e. The number of piperidine rings is 2. The molecule has 4 aromatic heterocycles. The van der Waals surface area contributed by atoms with Gasteiger partial charge in [0, 0.05) is 84.8 Å². The van der Waals surface area contributed by atoms with Crippen LogP contribution < -0.4 is 36.6 Å². The molecule has 4 atom stereocenters. The third kappa shape index (κ3) is 7.95. The number of anilines is 6. The van der Waals surface area contributed by atoms with E-state index in [2.05, 4.69) is 42.1 Å². The number of hydrogen-bond donors (Lipinski definition) is 7. The molecule has 0 spiro atoms. The van der Waals surface area contributed by atoms with Gasteiger partial charge in [-0.2, -0.15) is 19.2 Å². The predicted octanol–water partition coefficient (Wildman–Crippen LogP) is 6.14. The molecule has 4 aliphatic rings. The second-order valence-electron chi connectivity index (χ2n) is 16.2. The maximum atomic E-state index is 15.4. The van der Waals surface area contributed by atoms with E-state index < -0.39 is 11.9 Å². The molecule has 0 unspecified atom stereocenters. The second kappa shape index (κ2) is 15.6. The van der Waals surface area contributed by atoms with Gasteiger partial charge >= 0.3 is 0 Å². The molecule has 10 rings (SSSR count). The van der Waals surface area contributed by atoms with Crippen LogP contribution in [0.5, 0.6) is 5.75 Å². The molecule has 2 aliphatic heterocycles. The SMILES string of the molecule is O[C@@H]1CNCC[C@@H]1CNc1cc(Nc2cc(F)cc(O[C@@H]3CNCC[C@H]3CNc3cc(Nc4cccc(F)c4)n4ncc(C5CC5)c4n3)c2)n2ncc(C3CC3)c2n1. The number of aliphatic hydroxyl groups excluding tert-OH is 1. The van der Waals surface area contributed by atoms with Crippen molar-refractivity contribution in [3.63, 3.8) is 0 Å². The van der Waals surface area contributed by atoms with Gasteiger partial charge in [0.2, 0.25) is 0 Å². The molecule has 0 bridgehead atoms. The summed E-state index contributed by atoms with van der Waals surface area (Å²) >= 11 is 0. The zero-order chi connectivity index (χ0) is 39.2. The molecule has 58 heavy (non-hydrogen) atoms. The number of ether oxygens (including phenoxy) is 1. The van der Waals surface area contributed by atoms with Gasteiger partial charge in [0.25, 0.3) is 0 Å². The lowest BCUT2D eigenvalue weighted by atomic mass is 9.94. The van der Waals surface area contributed by atoms with Crippen LogP contribution in [0.3, 0.4) is 0 Å². The Morgan fingerprint density at radius 2 is 1.29 bits per heavy atom. The van der Waals surface area contributed by atoms with Crippen molar-refractivity contribution in [1.82, 2.24) is 39.8 Å².